The molecule has 1 aromatic heterocycles. The van der Waals surface area contributed by atoms with Gasteiger partial charge in [0.05, 0.1) is 16.6 Å². The number of carbonyl (C=O) groups is 1. The van der Waals surface area contributed by atoms with Gasteiger partial charge in [0.15, 0.2) is 6.61 Å². The van der Waals surface area contributed by atoms with Crippen molar-refractivity contribution < 1.29 is 9.53 Å². The highest BCUT2D eigenvalue weighted by atomic mass is 16.5. The fraction of sp³-hybridized carbons (Fsp3) is 0.0833. The minimum atomic E-state index is -0.280. The van der Waals surface area contributed by atoms with E-state index in [0.29, 0.717) is 39.4 Å². The summed E-state index contributed by atoms with van der Waals surface area (Å²) < 4.78 is 6.73. The first-order valence-electron chi connectivity index (χ1n) is 9.57. The molecule has 0 aliphatic rings. The summed E-state index contributed by atoms with van der Waals surface area (Å²) in [7, 11) is 0. The van der Waals surface area contributed by atoms with E-state index in [2.05, 4.69) is 10.3 Å². The van der Waals surface area contributed by atoms with E-state index in [4.69, 9.17) is 10.00 Å². The summed E-state index contributed by atoms with van der Waals surface area (Å²) in [6.07, 6.45) is 0. The Kier molecular flexibility index (Phi) is 5.45. The van der Waals surface area contributed by atoms with Gasteiger partial charge in [-0.3, -0.25) is 14.2 Å². The molecule has 0 unspecified atom stereocenters. The van der Waals surface area contributed by atoms with Crippen molar-refractivity contribution in [3.63, 3.8) is 0 Å². The molecular weight excluding hydrogens is 392 g/mol. The maximum atomic E-state index is 12.9. The molecule has 7 heteroatoms. The predicted molar refractivity (Wildman–Crippen MR) is 118 cm³/mol. The Hall–Kier alpha value is -4.44. The van der Waals surface area contributed by atoms with Crippen LogP contribution in [0.5, 0.6) is 5.75 Å². The van der Waals surface area contributed by atoms with Crippen molar-refractivity contribution in [1.29, 1.82) is 5.26 Å². The van der Waals surface area contributed by atoms with E-state index in [1.54, 1.807) is 67.6 Å². The van der Waals surface area contributed by atoms with Gasteiger partial charge in [-0.15, -0.1) is 0 Å². The van der Waals surface area contributed by atoms with Gasteiger partial charge in [0, 0.05) is 11.3 Å². The number of carbonyl (C=O) groups excluding carboxylic acids is 1. The van der Waals surface area contributed by atoms with Gasteiger partial charge in [-0.25, -0.2) is 4.98 Å². The quantitative estimate of drug-likeness (QED) is 0.539. The van der Waals surface area contributed by atoms with Crippen LogP contribution in [0.1, 0.15) is 16.2 Å². The molecule has 0 radical (unpaired) electrons. The Balaban J connectivity index is 1.55. The topological polar surface area (TPSA) is 97.0 Å². The van der Waals surface area contributed by atoms with E-state index < -0.39 is 0 Å². The zero-order valence-electron chi connectivity index (χ0n) is 16.7. The van der Waals surface area contributed by atoms with Crippen molar-refractivity contribution in [2.45, 2.75) is 6.92 Å². The van der Waals surface area contributed by atoms with Crippen LogP contribution in [0.15, 0.2) is 77.6 Å². The number of nitrogens with one attached hydrogen (secondary N) is 1. The van der Waals surface area contributed by atoms with E-state index in [9.17, 15) is 9.59 Å². The van der Waals surface area contributed by atoms with E-state index in [-0.39, 0.29) is 18.1 Å². The van der Waals surface area contributed by atoms with Crippen LogP contribution >= 0.6 is 0 Å². The fourth-order valence-electron chi connectivity index (χ4n) is 3.26. The molecule has 3 aromatic carbocycles. The average Bonchev–Trinajstić information content (AvgIpc) is 2.79. The molecule has 152 valence electrons. The van der Waals surface area contributed by atoms with E-state index in [1.807, 2.05) is 18.2 Å². The van der Waals surface area contributed by atoms with Crippen LogP contribution in [0.4, 0.5) is 5.69 Å². The molecular formula is C24H18N4O3. The largest absolute Gasteiger partial charge is 0.479 e. The zero-order valence-corrected chi connectivity index (χ0v) is 16.7. The number of rotatable bonds is 5. The summed E-state index contributed by atoms with van der Waals surface area (Å²) in [5.41, 5.74) is 2.19. The van der Waals surface area contributed by atoms with Gasteiger partial charge in [-0.2, -0.15) is 5.26 Å². The second-order valence-corrected chi connectivity index (χ2v) is 6.79. The first kappa shape index (κ1) is 19.9. The highest BCUT2D eigenvalue weighted by Gasteiger charge is 2.11. The van der Waals surface area contributed by atoms with Crippen LogP contribution in [0.3, 0.4) is 0 Å². The monoisotopic (exact) mass is 410 g/mol. The molecule has 0 saturated heterocycles. The Morgan fingerprint density at radius 2 is 1.77 bits per heavy atom. The Morgan fingerprint density at radius 3 is 2.48 bits per heavy atom. The van der Waals surface area contributed by atoms with Crippen LogP contribution in [0.25, 0.3) is 16.6 Å². The lowest BCUT2D eigenvalue weighted by Gasteiger charge is -2.12. The van der Waals surface area contributed by atoms with Gasteiger partial charge in [0.1, 0.15) is 17.6 Å². The van der Waals surface area contributed by atoms with Crippen LogP contribution in [-0.4, -0.2) is 22.1 Å². The molecule has 4 rings (SSSR count). The van der Waals surface area contributed by atoms with Crippen LogP contribution in [0, 0.1) is 18.3 Å². The molecule has 0 fully saturated rings. The number of nitriles is 1. The normalized spacial score (nSPS) is 10.5. The second-order valence-electron chi connectivity index (χ2n) is 6.79. The first-order valence-corrected chi connectivity index (χ1v) is 9.57. The molecule has 7 nitrogen and oxygen atoms in total. The number of aryl methyl sites for hydroxylation is 1. The summed E-state index contributed by atoms with van der Waals surface area (Å²) in [5, 5.41) is 11.9. The number of para-hydroxylation sites is 1. The van der Waals surface area contributed by atoms with Gasteiger partial charge in [0.2, 0.25) is 0 Å². The average molecular weight is 410 g/mol. The maximum absolute atomic E-state index is 12.9. The highest BCUT2D eigenvalue weighted by molar-refractivity contribution is 6.04. The van der Waals surface area contributed by atoms with Crippen molar-refractivity contribution in [3.05, 3.63) is 94.5 Å². The van der Waals surface area contributed by atoms with Gasteiger partial charge in [-0.1, -0.05) is 12.1 Å². The molecule has 1 amide bonds. The summed E-state index contributed by atoms with van der Waals surface area (Å²) in [5.74, 6) is 0.839. The van der Waals surface area contributed by atoms with Crippen molar-refractivity contribution in [2.75, 3.05) is 11.9 Å². The molecule has 0 atom stereocenters. The molecule has 31 heavy (non-hydrogen) atoms. The third kappa shape index (κ3) is 4.14. The van der Waals surface area contributed by atoms with E-state index in [1.165, 1.54) is 4.57 Å². The van der Waals surface area contributed by atoms with Crippen molar-refractivity contribution >= 4 is 22.5 Å². The van der Waals surface area contributed by atoms with Crippen molar-refractivity contribution in [2.24, 2.45) is 0 Å². The maximum Gasteiger partial charge on any atom is 0.265 e. The zero-order chi connectivity index (χ0) is 21.8. The number of fused-ring (bicyclic) bond motifs is 1. The van der Waals surface area contributed by atoms with Gasteiger partial charge < -0.3 is 10.1 Å². The highest BCUT2D eigenvalue weighted by Crippen LogP contribution is 2.18. The Labute approximate surface area is 178 Å². The fourth-order valence-corrected chi connectivity index (χ4v) is 3.26. The number of anilines is 1. The van der Waals surface area contributed by atoms with Crippen molar-refractivity contribution in [1.82, 2.24) is 9.55 Å². The van der Waals surface area contributed by atoms with E-state index in [0.717, 1.165) is 0 Å². The molecule has 0 spiro atoms. The number of ether oxygens (including phenoxy) is 1. The molecule has 4 aromatic rings. The number of amides is 1. The predicted octanol–water partition coefficient (Wildman–Crippen LogP) is 3.85. The SMILES string of the molecule is Cc1nc2ccccc2c(=O)n1-c1ccc(C(=O)Nc2ccc(OCC#N)cc2)cc1. The molecule has 1 N–H and O–H groups in total. The Morgan fingerprint density at radius 1 is 1.06 bits per heavy atom. The summed E-state index contributed by atoms with van der Waals surface area (Å²) in [6.45, 7) is 1.74. The molecule has 0 aliphatic heterocycles. The van der Waals surface area contributed by atoms with Gasteiger partial charge in [-0.05, 0) is 67.6 Å². The van der Waals surface area contributed by atoms with Crippen LogP contribution in [-0.2, 0) is 0 Å². The standard InChI is InChI=1S/C24H18N4O3/c1-16-26-22-5-3-2-4-21(22)24(30)28(16)19-10-6-17(7-11-19)23(29)27-18-8-12-20(13-9-18)31-15-14-25/h2-13H,15H2,1H3,(H,27,29). The molecule has 0 aliphatic carbocycles. The summed E-state index contributed by atoms with van der Waals surface area (Å²) in [4.78, 5) is 30.0. The van der Waals surface area contributed by atoms with Gasteiger partial charge >= 0.3 is 0 Å². The van der Waals surface area contributed by atoms with Crippen molar-refractivity contribution in [3.8, 4) is 17.5 Å². The second kappa shape index (κ2) is 8.51. The minimum Gasteiger partial charge on any atom is -0.479 e. The smallest absolute Gasteiger partial charge is 0.265 e. The summed E-state index contributed by atoms with van der Waals surface area (Å²) in [6, 6.07) is 22.6. The number of benzene rings is 3. The van der Waals surface area contributed by atoms with Gasteiger partial charge in [0.25, 0.3) is 11.5 Å². The third-order valence-electron chi connectivity index (χ3n) is 4.75. The van der Waals surface area contributed by atoms with E-state index >= 15 is 0 Å². The van der Waals surface area contributed by atoms with Crippen LogP contribution < -0.4 is 15.6 Å². The number of hydrogen-bond acceptors (Lipinski definition) is 5. The molecule has 1 heterocycles. The molecule has 0 saturated carbocycles. The summed E-state index contributed by atoms with van der Waals surface area (Å²) >= 11 is 0. The minimum absolute atomic E-state index is 0.0344. The lowest BCUT2D eigenvalue weighted by molar-refractivity contribution is 0.102. The Bertz CT molecular complexity index is 1350. The number of hydrogen-bond donors (Lipinski definition) is 1. The van der Waals surface area contributed by atoms with Crippen LogP contribution in [0.2, 0.25) is 0 Å². The lowest BCUT2D eigenvalue weighted by Crippen LogP contribution is -2.22. The first-order chi connectivity index (χ1) is 15.1. The number of nitrogens with zero attached hydrogens (tertiary/aromatic N) is 3. The molecule has 0 bridgehead atoms. The number of aromatic nitrogens is 2. The lowest BCUT2D eigenvalue weighted by atomic mass is 10.1. The third-order valence-corrected chi connectivity index (χ3v) is 4.75.